The van der Waals surface area contributed by atoms with Crippen LogP contribution in [0.3, 0.4) is 0 Å². The summed E-state index contributed by atoms with van der Waals surface area (Å²) in [7, 11) is 0. The van der Waals surface area contributed by atoms with Crippen molar-refractivity contribution >= 4 is 17.4 Å². The van der Waals surface area contributed by atoms with Gasteiger partial charge in [0.15, 0.2) is 5.79 Å². The van der Waals surface area contributed by atoms with Gasteiger partial charge in [0.2, 0.25) is 0 Å². The Labute approximate surface area is 194 Å². The van der Waals surface area contributed by atoms with Crippen molar-refractivity contribution in [2.75, 3.05) is 57.5 Å². The van der Waals surface area contributed by atoms with E-state index in [4.69, 9.17) is 14.2 Å². The zero-order chi connectivity index (χ0) is 23.0. The zero-order valence-electron chi connectivity index (χ0n) is 19.3. The minimum Gasteiger partial charge on any atom is -0.378 e. The molecule has 0 unspecified atom stereocenters. The second-order valence-electron chi connectivity index (χ2n) is 8.96. The smallest absolute Gasteiger partial charge is 0.295 e. The van der Waals surface area contributed by atoms with Crippen molar-refractivity contribution in [2.24, 2.45) is 0 Å². The molecule has 1 spiro atoms. The van der Waals surface area contributed by atoms with E-state index in [2.05, 4.69) is 29.2 Å². The Morgan fingerprint density at radius 1 is 0.848 bits per heavy atom. The normalized spacial score (nSPS) is 20.4. The number of ketones is 1. The van der Waals surface area contributed by atoms with E-state index in [1.807, 2.05) is 24.5 Å². The summed E-state index contributed by atoms with van der Waals surface area (Å²) in [5, 5.41) is 0. The van der Waals surface area contributed by atoms with Gasteiger partial charge in [-0.25, -0.2) is 0 Å². The maximum absolute atomic E-state index is 13.1. The zero-order valence-corrected chi connectivity index (χ0v) is 19.3. The Morgan fingerprint density at radius 2 is 1.45 bits per heavy atom. The number of Topliss-reactive ketones (excluding diaryl/α,β-unsaturated/α-hetero) is 1. The van der Waals surface area contributed by atoms with Crippen molar-refractivity contribution in [1.29, 1.82) is 0 Å². The van der Waals surface area contributed by atoms with E-state index >= 15 is 0 Å². The van der Waals surface area contributed by atoms with Gasteiger partial charge in [-0.3, -0.25) is 9.59 Å². The van der Waals surface area contributed by atoms with Crippen molar-refractivity contribution in [3.63, 3.8) is 0 Å². The number of nitrogens with zero attached hydrogens (tertiary/aromatic N) is 3. The molecule has 176 valence electrons. The fourth-order valence-corrected chi connectivity index (χ4v) is 5.12. The Balaban J connectivity index is 1.31. The van der Waals surface area contributed by atoms with Crippen LogP contribution >= 0.6 is 0 Å². The molecule has 0 saturated carbocycles. The van der Waals surface area contributed by atoms with Gasteiger partial charge >= 0.3 is 0 Å². The molecule has 0 atom stereocenters. The molecule has 3 fully saturated rings. The number of amides is 1. The first-order valence-corrected chi connectivity index (χ1v) is 11.7. The van der Waals surface area contributed by atoms with Crippen molar-refractivity contribution in [1.82, 2.24) is 9.47 Å². The molecule has 3 aliphatic rings. The number of hydrogen-bond acceptors (Lipinski definition) is 6. The largest absolute Gasteiger partial charge is 0.378 e. The van der Waals surface area contributed by atoms with Gasteiger partial charge in [-0.2, -0.15) is 0 Å². The number of likely N-dealkylation sites (tertiary alicyclic amines) is 1. The molecule has 3 saturated heterocycles. The van der Waals surface area contributed by atoms with Gasteiger partial charge in [0.05, 0.1) is 26.4 Å². The van der Waals surface area contributed by atoms with E-state index in [9.17, 15) is 9.59 Å². The Hall–Kier alpha value is -2.68. The third-order valence-corrected chi connectivity index (χ3v) is 6.98. The molecule has 1 amide bonds. The van der Waals surface area contributed by atoms with Gasteiger partial charge in [-0.15, -0.1) is 0 Å². The number of carbonyl (C=O) groups is 2. The molecule has 0 N–H and O–H groups in total. The SMILES string of the molecule is Cc1cc(C(=O)C(=O)N2CCC3(CC2)OCCO3)c(C)n1-c1ccc(N2CCOCC2)cc1. The van der Waals surface area contributed by atoms with Gasteiger partial charge in [0, 0.05) is 67.3 Å². The lowest BCUT2D eigenvalue weighted by Crippen LogP contribution is -2.49. The van der Waals surface area contributed by atoms with Crippen LogP contribution in [-0.4, -0.2) is 79.6 Å². The molecule has 0 bridgehead atoms. The maximum atomic E-state index is 13.1. The van der Waals surface area contributed by atoms with Crippen LogP contribution in [-0.2, 0) is 19.0 Å². The summed E-state index contributed by atoms with van der Waals surface area (Å²) in [5.74, 6) is -1.47. The monoisotopic (exact) mass is 453 g/mol. The first-order chi connectivity index (χ1) is 16.0. The first-order valence-electron chi connectivity index (χ1n) is 11.7. The topological polar surface area (TPSA) is 73.2 Å². The quantitative estimate of drug-likeness (QED) is 0.523. The van der Waals surface area contributed by atoms with Crippen molar-refractivity contribution in [3.8, 4) is 5.69 Å². The van der Waals surface area contributed by atoms with Crippen LogP contribution in [0, 0.1) is 13.8 Å². The molecule has 8 nitrogen and oxygen atoms in total. The first kappa shape index (κ1) is 22.1. The van der Waals surface area contributed by atoms with E-state index in [1.165, 1.54) is 0 Å². The molecule has 5 rings (SSSR count). The number of piperidine rings is 1. The summed E-state index contributed by atoms with van der Waals surface area (Å²) in [4.78, 5) is 30.1. The second kappa shape index (κ2) is 8.93. The van der Waals surface area contributed by atoms with Gasteiger partial charge in [0.1, 0.15) is 0 Å². The molecular formula is C25H31N3O5. The van der Waals surface area contributed by atoms with Crippen molar-refractivity contribution in [2.45, 2.75) is 32.5 Å². The van der Waals surface area contributed by atoms with Crippen LogP contribution in [0.15, 0.2) is 30.3 Å². The maximum Gasteiger partial charge on any atom is 0.295 e. The Kier molecular flexibility index (Phi) is 5.99. The highest BCUT2D eigenvalue weighted by molar-refractivity contribution is 6.43. The van der Waals surface area contributed by atoms with Gasteiger partial charge in [-0.05, 0) is 44.2 Å². The molecule has 1 aromatic carbocycles. The lowest BCUT2D eigenvalue weighted by Gasteiger charge is -2.37. The number of hydrogen-bond donors (Lipinski definition) is 0. The van der Waals surface area contributed by atoms with Gasteiger partial charge in [-0.1, -0.05) is 0 Å². The summed E-state index contributed by atoms with van der Waals surface area (Å²) in [6, 6.07) is 10.1. The van der Waals surface area contributed by atoms with Crippen LogP contribution in [0.1, 0.15) is 34.6 Å². The highest BCUT2D eigenvalue weighted by Gasteiger charge is 2.42. The molecule has 8 heteroatoms. The number of rotatable bonds is 4. The number of ether oxygens (including phenoxy) is 3. The minimum absolute atomic E-state index is 0.453. The van der Waals surface area contributed by atoms with Crippen molar-refractivity contribution < 1.29 is 23.8 Å². The van der Waals surface area contributed by atoms with Crippen LogP contribution < -0.4 is 4.90 Å². The van der Waals surface area contributed by atoms with Crippen LogP contribution in [0.5, 0.6) is 0 Å². The predicted molar refractivity (Wildman–Crippen MR) is 123 cm³/mol. The number of aromatic nitrogens is 1. The summed E-state index contributed by atoms with van der Waals surface area (Å²) < 4.78 is 18.9. The highest BCUT2D eigenvalue weighted by atomic mass is 16.7. The number of morpholine rings is 1. The third-order valence-electron chi connectivity index (χ3n) is 6.98. The van der Waals surface area contributed by atoms with Crippen LogP contribution in [0.4, 0.5) is 5.69 Å². The van der Waals surface area contributed by atoms with E-state index in [-0.39, 0.29) is 0 Å². The van der Waals surface area contributed by atoms with E-state index < -0.39 is 17.5 Å². The third kappa shape index (κ3) is 4.18. The second-order valence-corrected chi connectivity index (χ2v) is 8.96. The van der Waals surface area contributed by atoms with Crippen molar-refractivity contribution in [3.05, 3.63) is 47.3 Å². The summed E-state index contributed by atoms with van der Waals surface area (Å²) in [6.45, 7) is 9.23. The molecule has 1 aromatic heterocycles. The van der Waals surface area contributed by atoms with E-state index in [0.717, 1.165) is 49.1 Å². The lowest BCUT2D eigenvalue weighted by molar-refractivity contribution is -0.186. The summed E-state index contributed by atoms with van der Waals surface area (Å²) >= 11 is 0. The molecule has 0 radical (unpaired) electrons. The predicted octanol–water partition coefficient (Wildman–Crippen LogP) is 2.48. The molecule has 33 heavy (non-hydrogen) atoms. The fraction of sp³-hybridized carbons (Fsp3) is 0.520. The lowest BCUT2D eigenvalue weighted by atomic mass is 10.0. The Bertz CT molecular complexity index is 1020. The summed E-state index contributed by atoms with van der Waals surface area (Å²) in [5.41, 5.74) is 4.30. The Morgan fingerprint density at radius 3 is 2.09 bits per heavy atom. The standard InChI is InChI=1S/C25H31N3O5/c1-18-17-22(23(29)24(30)27-9-7-25(8-10-27)32-15-16-33-25)19(2)28(18)21-5-3-20(4-6-21)26-11-13-31-14-12-26/h3-6,17H,7-16H2,1-2H3. The number of anilines is 1. The van der Waals surface area contributed by atoms with Gasteiger partial charge < -0.3 is 28.6 Å². The summed E-state index contributed by atoms with van der Waals surface area (Å²) in [6.07, 6.45) is 1.20. The molecule has 4 heterocycles. The highest BCUT2D eigenvalue weighted by Crippen LogP contribution is 2.32. The van der Waals surface area contributed by atoms with Crippen LogP contribution in [0.2, 0.25) is 0 Å². The molecular weight excluding hydrogens is 422 g/mol. The number of benzene rings is 1. The van der Waals surface area contributed by atoms with Crippen LogP contribution in [0.25, 0.3) is 5.69 Å². The molecule has 0 aliphatic carbocycles. The average Bonchev–Trinajstić information content (AvgIpc) is 3.43. The molecule has 2 aromatic rings. The molecule has 3 aliphatic heterocycles. The minimum atomic E-state index is -0.566. The van der Waals surface area contributed by atoms with E-state index in [1.54, 1.807) is 4.90 Å². The fourth-order valence-electron chi connectivity index (χ4n) is 5.12. The number of aryl methyl sites for hydroxylation is 1. The number of carbonyl (C=O) groups excluding carboxylic acids is 2. The average molecular weight is 454 g/mol. The van der Waals surface area contributed by atoms with Gasteiger partial charge in [0.25, 0.3) is 11.7 Å². The van der Waals surface area contributed by atoms with E-state index in [0.29, 0.717) is 44.7 Å².